The van der Waals surface area contributed by atoms with Crippen LogP contribution in [0.4, 0.5) is 18.9 Å². The summed E-state index contributed by atoms with van der Waals surface area (Å²) in [5.41, 5.74) is -3.85. The molecule has 1 aliphatic heterocycles. The van der Waals surface area contributed by atoms with Crippen molar-refractivity contribution in [2.75, 3.05) is 18.4 Å². The maximum absolute atomic E-state index is 12.7. The topological polar surface area (TPSA) is 86.7 Å². The van der Waals surface area contributed by atoms with Crippen LogP contribution in [-0.4, -0.2) is 48.6 Å². The van der Waals surface area contributed by atoms with Crippen LogP contribution < -0.4 is 5.32 Å². The van der Waals surface area contributed by atoms with Crippen molar-refractivity contribution < 1.29 is 31.5 Å². The van der Waals surface area contributed by atoms with Gasteiger partial charge in [0.1, 0.15) is 0 Å². The summed E-state index contributed by atoms with van der Waals surface area (Å²) in [6, 6.07) is 3.26. The third-order valence-corrected chi connectivity index (χ3v) is 6.09. The lowest BCUT2D eigenvalue weighted by molar-refractivity contribution is -0.242. The Morgan fingerprint density at radius 1 is 1.28 bits per heavy atom. The first-order valence-electron chi connectivity index (χ1n) is 7.27. The Hall–Kier alpha value is -1.36. The van der Waals surface area contributed by atoms with E-state index in [9.17, 15) is 31.5 Å². The van der Waals surface area contributed by atoms with Crippen LogP contribution in [0.3, 0.4) is 0 Å². The number of hydrogen-bond acceptors (Lipinski definition) is 4. The van der Waals surface area contributed by atoms with Gasteiger partial charge in [-0.3, -0.25) is 4.79 Å². The van der Waals surface area contributed by atoms with Gasteiger partial charge in [0, 0.05) is 13.1 Å². The zero-order valence-electron chi connectivity index (χ0n) is 13.1. The van der Waals surface area contributed by atoms with Crippen LogP contribution in [0.5, 0.6) is 0 Å². The number of carbonyl (C=O) groups excluding carboxylic acids is 1. The third kappa shape index (κ3) is 3.91. The minimum atomic E-state index is -5.18. The van der Waals surface area contributed by atoms with Crippen molar-refractivity contribution in [3.05, 3.63) is 23.2 Å². The Labute approximate surface area is 147 Å². The highest BCUT2D eigenvalue weighted by atomic mass is 35.5. The molecule has 11 heteroatoms. The number of amides is 1. The molecule has 25 heavy (non-hydrogen) atoms. The maximum atomic E-state index is 12.7. The van der Waals surface area contributed by atoms with E-state index in [1.165, 1.54) is 4.31 Å². The van der Waals surface area contributed by atoms with Crippen LogP contribution >= 0.6 is 11.6 Å². The van der Waals surface area contributed by atoms with Gasteiger partial charge in [-0.05, 0) is 38.0 Å². The Bertz CT molecular complexity index is 775. The molecule has 1 aromatic rings. The Balaban J connectivity index is 2.24. The van der Waals surface area contributed by atoms with Crippen molar-refractivity contribution in [3.63, 3.8) is 0 Å². The number of sulfonamides is 1. The van der Waals surface area contributed by atoms with E-state index in [-0.39, 0.29) is 15.6 Å². The maximum Gasteiger partial charge on any atom is 0.426 e. The van der Waals surface area contributed by atoms with E-state index in [1.807, 2.05) is 5.32 Å². The molecule has 0 spiro atoms. The quantitative estimate of drug-likeness (QED) is 0.812. The summed E-state index contributed by atoms with van der Waals surface area (Å²) in [6.45, 7) is 1.07. The number of benzene rings is 1. The summed E-state index contributed by atoms with van der Waals surface area (Å²) in [5, 5.41) is 10.9. The van der Waals surface area contributed by atoms with Gasteiger partial charge in [0.05, 0.1) is 15.6 Å². The molecule has 1 aromatic carbocycles. The highest BCUT2D eigenvalue weighted by Gasteiger charge is 2.55. The Kier molecular flexibility index (Phi) is 5.39. The predicted octanol–water partition coefficient (Wildman–Crippen LogP) is 2.38. The van der Waals surface area contributed by atoms with Gasteiger partial charge in [-0.1, -0.05) is 11.6 Å². The molecule has 0 bridgehead atoms. The lowest BCUT2D eigenvalue weighted by Gasteiger charge is -2.25. The number of aliphatic hydroxyl groups is 1. The van der Waals surface area contributed by atoms with Crippen molar-refractivity contribution in [2.24, 2.45) is 0 Å². The Morgan fingerprint density at radius 2 is 1.84 bits per heavy atom. The molecule has 1 amide bonds. The second-order valence-electron chi connectivity index (χ2n) is 5.78. The fourth-order valence-corrected chi connectivity index (χ4v) is 4.04. The number of hydrogen-bond donors (Lipinski definition) is 2. The number of carbonyl (C=O) groups is 1. The highest BCUT2D eigenvalue weighted by molar-refractivity contribution is 7.89. The second kappa shape index (κ2) is 6.75. The van der Waals surface area contributed by atoms with Crippen molar-refractivity contribution >= 4 is 33.2 Å². The lowest BCUT2D eigenvalue weighted by atomic mass is 10.1. The van der Waals surface area contributed by atoms with Crippen LogP contribution in [0.15, 0.2) is 23.1 Å². The fraction of sp³-hybridized carbons (Fsp3) is 0.500. The molecule has 1 unspecified atom stereocenters. The molecule has 2 N–H and O–H groups in total. The first kappa shape index (κ1) is 20.0. The Morgan fingerprint density at radius 3 is 2.32 bits per heavy atom. The average molecular weight is 401 g/mol. The molecule has 0 radical (unpaired) electrons. The molecular formula is C14H16ClF3N2O4S. The number of alkyl halides is 3. The van der Waals surface area contributed by atoms with E-state index in [2.05, 4.69) is 0 Å². The van der Waals surface area contributed by atoms with E-state index in [0.717, 1.165) is 31.0 Å². The first-order chi connectivity index (χ1) is 11.4. The molecule has 1 heterocycles. The normalized spacial score (nSPS) is 18.8. The summed E-state index contributed by atoms with van der Waals surface area (Å²) in [7, 11) is -3.75. The zero-order chi connectivity index (χ0) is 19.0. The van der Waals surface area contributed by atoms with E-state index >= 15 is 0 Å². The van der Waals surface area contributed by atoms with Gasteiger partial charge in [-0.15, -0.1) is 0 Å². The summed E-state index contributed by atoms with van der Waals surface area (Å²) < 4.78 is 64.0. The standard InChI is InChI=1S/C14H16ClF3N2O4S/c1-13(22,14(16,17)18)12(21)19-11-5-4-9(8-10(11)15)25(23,24)20-6-2-3-7-20/h4-5,8,22H,2-3,6-7H2,1H3,(H,19,21). The van der Waals surface area contributed by atoms with Crippen LogP contribution in [0.2, 0.25) is 5.02 Å². The molecule has 0 aromatic heterocycles. The third-order valence-electron chi connectivity index (χ3n) is 3.89. The SMILES string of the molecule is CC(O)(C(=O)Nc1ccc(S(=O)(=O)N2CCCC2)cc1Cl)C(F)(F)F. The highest BCUT2D eigenvalue weighted by Crippen LogP contribution is 2.33. The smallest absolute Gasteiger partial charge is 0.373 e. The lowest BCUT2D eigenvalue weighted by Crippen LogP contribution is -2.52. The van der Waals surface area contributed by atoms with E-state index in [0.29, 0.717) is 20.0 Å². The first-order valence-corrected chi connectivity index (χ1v) is 9.09. The second-order valence-corrected chi connectivity index (χ2v) is 8.12. The predicted molar refractivity (Wildman–Crippen MR) is 84.8 cm³/mol. The van der Waals surface area contributed by atoms with Crippen LogP contribution in [-0.2, 0) is 14.8 Å². The molecule has 140 valence electrons. The summed E-state index contributed by atoms with van der Waals surface area (Å²) >= 11 is 5.89. The molecule has 2 rings (SSSR count). The summed E-state index contributed by atoms with van der Waals surface area (Å²) in [5.74, 6) is -1.72. The van der Waals surface area contributed by atoms with Gasteiger partial charge < -0.3 is 10.4 Å². The fourth-order valence-electron chi connectivity index (χ4n) is 2.21. The molecular weight excluding hydrogens is 385 g/mol. The molecule has 0 saturated carbocycles. The van der Waals surface area contributed by atoms with Crippen molar-refractivity contribution in [2.45, 2.75) is 36.4 Å². The zero-order valence-corrected chi connectivity index (χ0v) is 14.7. The number of rotatable bonds is 4. The molecule has 6 nitrogen and oxygen atoms in total. The van der Waals surface area contributed by atoms with E-state index in [1.54, 1.807) is 0 Å². The van der Waals surface area contributed by atoms with Gasteiger partial charge in [0.15, 0.2) is 0 Å². The summed E-state index contributed by atoms with van der Waals surface area (Å²) in [6.07, 6.45) is -3.69. The van der Waals surface area contributed by atoms with Gasteiger partial charge >= 0.3 is 6.18 Å². The number of nitrogens with zero attached hydrogens (tertiary/aromatic N) is 1. The number of anilines is 1. The number of nitrogens with one attached hydrogen (secondary N) is 1. The van der Waals surface area contributed by atoms with Crippen molar-refractivity contribution in [1.29, 1.82) is 0 Å². The van der Waals surface area contributed by atoms with Crippen molar-refractivity contribution in [3.8, 4) is 0 Å². The number of halogens is 4. The minimum absolute atomic E-state index is 0.125. The monoisotopic (exact) mass is 400 g/mol. The summed E-state index contributed by atoms with van der Waals surface area (Å²) in [4.78, 5) is 11.5. The van der Waals surface area contributed by atoms with E-state index < -0.39 is 27.7 Å². The van der Waals surface area contributed by atoms with Gasteiger partial charge in [0.25, 0.3) is 5.91 Å². The van der Waals surface area contributed by atoms with Gasteiger partial charge in [-0.2, -0.15) is 17.5 Å². The van der Waals surface area contributed by atoms with Crippen LogP contribution in [0.25, 0.3) is 0 Å². The molecule has 1 saturated heterocycles. The molecule has 1 fully saturated rings. The van der Waals surface area contributed by atoms with Crippen LogP contribution in [0.1, 0.15) is 19.8 Å². The van der Waals surface area contributed by atoms with E-state index in [4.69, 9.17) is 11.6 Å². The van der Waals surface area contributed by atoms with Gasteiger partial charge in [-0.25, -0.2) is 8.42 Å². The average Bonchev–Trinajstić information content (AvgIpc) is 3.02. The van der Waals surface area contributed by atoms with Crippen LogP contribution in [0, 0.1) is 0 Å². The molecule has 0 aliphatic carbocycles. The molecule has 1 atom stereocenters. The van der Waals surface area contributed by atoms with Crippen molar-refractivity contribution in [1.82, 2.24) is 4.31 Å². The molecule has 1 aliphatic rings. The van der Waals surface area contributed by atoms with Gasteiger partial charge in [0.2, 0.25) is 15.6 Å². The minimum Gasteiger partial charge on any atom is -0.373 e. The largest absolute Gasteiger partial charge is 0.426 e.